The Kier molecular flexibility index (Phi) is 6.32. The minimum atomic E-state index is -4.60. The van der Waals surface area contributed by atoms with E-state index in [1.165, 1.54) is 24.3 Å². The van der Waals surface area contributed by atoms with Gasteiger partial charge in [-0.3, -0.25) is 9.80 Å². The number of alkyl halides is 3. The lowest BCUT2D eigenvalue weighted by Crippen LogP contribution is -2.27. The second kappa shape index (κ2) is 8.67. The number of hydrazone groups is 1. The van der Waals surface area contributed by atoms with Crippen LogP contribution in [0.25, 0.3) is 0 Å². The van der Waals surface area contributed by atoms with Gasteiger partial charge in [-0.15, -0.1) is 0 Å². The fourth-order valence-electron chi connectivity index (χ4n) is 2.86. The van der Waals surface area contributed by atoms with E-state index in [1.807, 2.05) is 0 Å². The van der Waals surface area contributed by atoms with Crippen molar-refractivity contribution in [3.63, 3.8) is 0 Å². The van der Waals surface area contributed by atoms with Crippen LogP contribution in [-0.2, 0) is 21.2 Å². The van der Waals surface area contributed by atoms with Gasteiger partial charge in [0.15, 0.2) is 11.6 Å². The van der Waals surface area contributed by atoms with Crippen molar-refractivity contribution in [3.05, 3.63) is 65.2 Å². The lowest BCUT2D eigenvalue weighted by atomic mass is 10.1. The maximum Gasteiger partial charge on any atom is 0.417 e. The van der Waals surface area contributed by atoms with Crippen molar-refractivity contribution in [1.82, 2.24) is 0 Å². The van der Waals surface area contributed by atoms with Crippen LogP contribution < -0.4 is 15.5 Å². The number of nitrogens with one attached hydrogen (secondary N) is 1. The Morgan fingerprint density at radius 2 is 1.91 bits per heavy atom. The Balaban J connectivity index is 1.83. The zero-order valence-electron chi connectivity index (χ0n) is 16.0. The third kappa shape index (κ3) is 5.29. The topological polar surface area (TPSA) is 105 Å². The minimum Gasteiger partial charge on any atom is -0.326 e. The van der Waals surface area contributed by atoms with Crippen LogP contribution in [0.15, 0.2) is 58.0 Å². The molecule has 0 aromatic heterocycles. The van der Waals surface area contributed by atoms with Gasteiger partial charge in [-0.1, -0.05) is 12.1 Å². The van der Waals surface area contributed by atoms with Crippen molar-refractivity contribution in [1.29, 1.82) is 0 Å². The molecule has 0 radical (unpaired) electrons. The summed E-state index contributed by atoms with van der Waals surface area (Å²) >= 11 is 0. The number of anilines is 2. The van der Waals surface area contributed by atoms with E-state index in [2.05, 4.69) is 10.4 Å². The Morgan fingerprint density at radius 1 is 1.19 bits per heavy atom. The van der Waals surface area contributed by atoms with E-state index in [4.69, 9.17) is 5.14 Å². The van der Waals surface area contributed by atoms with Gasteiger partial charge in [0.25, 0.3) is 0 Å². The molecule has 3 N–H and O–H groups in total. The fourth-order valence-corrected chi connectivity index (χ4v) is 3.62. The van der Waals surface area contributed by atoms with Crippen molar-refractivity contribution in [2.75, 3.05) is 16.9 Å². The molecule has 0 atom stereocenters. The molecular formula is C19H15F5N4O3S. The highest BCUT2D eigenvalue weighted by Gasteiger charge is 2.34. The van der Waals surface area contributed by atoms with E-state index in [0.29, 0.717) is 6.21 Å². The molecule has 13 heteroatoms. The molecule has 0 unspecified atom stereocenters. The maximum absolute atomic E-state index is 13.7. The van der Waals surface area contributed by atoms with Crippen molar-refractivity contribution in [2.24, 2.45) is 10.2 Å². The molecule has 2 aromatic carbocycles. The van der Waals surface area contributed by atoms with E-state index in [9.17, 15) is 35.2 Å². The SMILES string of the molecule is NS(=O)(=O)c1cc(NC(=O)Cc2cccc(F)c2F)ccc1N1CC=C(C(F)(F)F)C=N1. The molecule has 170 valence electrons. The number of nitrogens with two attached hydrogens (primary N) is 1. The highest BCUT2D eigenvalue weighted by Crippen LogP contribution is 2.31. The molecule has 0 aliphatic carbocycles. The highest BCUT2D eigenvalue weighted by molar-refractivity contribution is 7.89. The standard InChI is InChI=1S/C19H15F5N4O3S/c20-14-3-1-2-11(18(14)21)8-17(29)27-13-4-5-15(16(9-13)32(25,30)31)28-7-6-12(10-26-28)19(22,23)24/h1-6,9-10H,7-8H2,(H,27,29)(H2,25,30,31). The lowest BCUT2D eigenvalue weighted by Gasteiger charge is -2.24. The third-order valence-electron chi connectivity index (χ3n) is 4.36. The van der Waals surface area contributed by atoms with Crippen molar-refractivity contribution >= 4 is 33.5 Å². The van der Waals surface area contributed by atoms with Crippen LogP contribution >= 0.6 is 0 Å². The van der Waals surface area contributed by atoms with E-state index < -0.39 is 50.6 Å². The molecule has 1 amide bonds. The number of carbonyl (C=O) groups excluding carboxylic acids is 1. The first-order valence-electron chi connectivity index (χ1n) is 8.84. The Labute approximate surface area is 179 Å². The molecule has 1 aliphatic heterocycles. The number of primary sulfonamides is 1. The Morgan fingerprint density at radius 3 is 2.50 bits per heavy atom. The molecule has 0 saturated heterocycles. The number of amides is 1. The van der Waals surface area contributed by atoms with Crippen LogP contribution in [0, 0.1) is 11.6 Å². The first-order valence-corrected chi connectivity index (χ1v) is 10.4. The summed E-state index contributed by atoms with van der Waals surface area (Å²) in [6.07, 6.45) is -3.77. The fraction of sp³-hybridized carbons (Fsp3) is 0.158. The second-order valence-electron chi connectivity index (χ2n) is 6.65. The summed E-state index contributed by atoms with van der Waals surface area (Å²) in [6, 6.07) is 6.79. The molecule has 32 heavy (non-hydrogen) atoms. The number of halogens is 5. The Bertz CT molecular complexity index is 1230. The molecular weight excluding hydrogens is 459 g/mol. The van der Waals surface area contributed by atoms with Crippen LogP contribution in [-0.4, -0.2) is 33.3 Å². The van der Waals surface area contributed by atoms with Crippen molar-refractivity contribution < 1.29 is 35.2 Å². The van der Waals surface area contributed by atoms with Crippen molar-refractivity contribution in [2.45, 2.75) is 17.5 Å². The summed E-state index contributed by atoms with van der Waals surface area (Å²) in [7, 11) is -4.37. The van der Waals surface area contributed by atoms with Gasteiger partial charge < -0.3 is 5.32 Å². The van der Waals surface area contributed by atoms with Crippen LogP contribution in [0.2, 0.25) is 0 Å². The maximum atomic E-state index is 13.7. The van der Waals surface area contributed by atoms with Gasteiger partial charge in [0.05, 0.1) is 30.4 Å². The monoisotopic (exact) mass is 474 g/mol. The van der Waals surface area contributed by atoms with Crippen molar-refractivity contribution in [3.8, 4) is 0 Å². The first kappa shape index (κ1) is 23.3. The molecule has 1 heterocycles. The van der Waals surface area contributed by atoms with Gasteiger partial charge in [0, 0.05) is 11.3 Å². The summed E-state index contributed by atoms with van der Waals surface area (Å²) in [4.78, 5) is 11.7. The third-order valence-corrected chi connectivity index (χ3v) is 5.30. The number of nitrogens with zero attached hydrogens (tertiary/aromatic N) is 2. The number of sulfonamides is 1. The van der Waals surface area contributed by atoms with E-state index >= 15 is 0 Å². The summed E-state index contributed by atoms with van der Waals surface area (Å²) in [5, 5.41) is 12.2. The number of hydrogen-bond donors (Lipinski definition) is 2. The summed E-state index contributed by atoms with van der Waals surface area (Å²) in [5.41, 5.74) is -1.34. The molecule has 0 bridgehead atoms. The smallest absolute Gasteiger partial charge is 0.326 e. The predicted molar refractivity (Wildman–Crippen MR) is 106 cm³/mol. The van der Waals surface area contributed by atoms with Gasteiger partial charge in [-0.2, -0.15) is 18.3 Å². The van der Waals surface area contributed by atoms with Gasteiger partial charge in [-0.25, -0.2) is 22.3 Å². The number of benzene rings is 2. The lowest BCUT2D eigenvalue weighted by molar-refractivity contribution is -0.115. The van der Waals surface area contributed by atoms with Crippen LogP contribution in [0.1, 0.15) is 5.56 Å². The van der Waals surface area contributed by atoms with E-state index in [-0.39, 0.29) is 23.5 Å². The Hall–Kier alpha value is -3.32. The molecule has 0 fully saturated rings. The predicted octanol–water partition coefficient (Wildman–Crippen LogP) is 3.09. The van der Waals surface area contributed by atoms with Gasteiger partial charge in [-0.05, 0) is 30.3 Å². The molecule has 0 spiro atoms. The average Bonchev–Trinajstić information content (AvgIpc) is 2.70. The molecule has 1 aliphatic rings. The van der Waals surface area contributed by atoms with Crippen LogP contribution in [0.3, 0.4) is 0 Å². The number of carbonyl (C=O) groups is 1. The zero-order chi connectivity index (χ0) is 23.7. The normalized spacial score (nSPS) is 14.3. The first-order chi connectivity index (χ1) is 14.9. The minimum absolute atomic E-state index is 0.0351. The number of hydrogen-bond acceptors (Lipinski definition) is 5. The molecule has 3 rings (SSSR count). The quantitative estimate of drug-likeness (QED) is 0.650. The van der Waals surface area contributed by atoms with E-state index in [1.54, 1.807) is 0 Å². The van der Waals surface area contributed by atoms with E-state index in [0.717, 1.165) is 23.2 Å². The van der Waals surface area contributed by atoms with Crippen LogP contribution in [0.5, 0.6) is 0 Å². The van der Waals surface area contributed by atoms with Gasteiger partial charge in [0.1, 0.15) is 4.90 Å². The van der Waals surface area contributed by atoms with Crippen LogP contribution in [0.4, 0.5) is 33.3 Å². The zero-order valence-corrected chi connectivity index (χ0v) is 16.8. The number of rotatable bonds is 5. The number of allylic oxidation sites excluding steroid dienone is 1. The molecule has 2 aromatic rings. The summed E-state index contributed by atoms with van der Waals surface area (Å²) < 4.78 is 89.3. The summed E-state index contributed by atoms with van der Waals surface area (Å²) in [6.45, 7) is -0.377. The average molecular weight is 474 g/mol. The second-order valence-corrected chi connectivity index (χ2v) is 8.18. The van der Waals surface area contributed by atoms with Gasteiger partial charge in [0.2, 0.25) is 15.9 Å². The van der Waals surface area contributed by atoms with Gasteiger partial charge >= 0.3 is 6.18 Å². The molecule has 0 saturated carbocycles. The highest BCUT2D eigenvalue weighted by atomic mass is 32.2. The largest absolute Gasteiger partial charge is 0.417 e. The molecule has 7 nitrogen and oxygen atoms in total. The summed E-state index contributed by atoms with van der Waals surface area (Å²) in [5.74, 6) is -3.07.